The van der Waals surface area contributed by atoms with Gasteiger partial charge < -0.3 is 0 Å². The highest BCUT2D eigenvalue weighted by molar-refractivity contribution is 9.36. The first kappa shape index (κ1) is 8.00. The maximum atomic E-state index is 4.25. The zero-order valence-electron chi connectivity index (χ0n) is 4.47. The molecule has 0 saturated heterocycles. The van der Waals surface area contributed by atoms with Crippen LogP contribution in [0.25, 0.3) is 0 Å². The largest absolute Gasteiger partial charge is 0.184 e. The van der Waals surface area contributed by atoms with Crippen molar-refractivity contribution in [1.29, 1.82) is 0 Å². The normalized spacial score (nSPS) is 18.0. The number of aromatic nitrogens is 1. The molecule has 0 radical (unpaired) electrons. The standard InChI is InChI=1S/C3HNS6/c1-2-3(4-5-1)7-9-10-8-6-2/h1H. The van der Waals surface area contributed by atoms with Gasteiger partial charge >= 0.3 is 0 Å². The van der Waals surface area contributed by atoms with E-state index in [1.807, 2.05) is 0 Å². The van der Waals surface area contributed by atoms with Crippen LogP contribution in [0.5, 0.6) is 0 Å². The van der Waals surface area contributed by atoms with Gasteiger partial charge in [-0.3, -0.25) is 0 Å². The molecule has 1 nitrogen and oxygen atoms in total. The van der Waals surface area contributed by atoms with E-state index in [9.17, 15) is 0 Å². The molecular weight excluding hydrogens is 242 g/mol. The van der Waals surface area contributed by atoms with Crippen molar-refractivity contribution in [2.24, 2.45) is 0 Å². The second-order valence-electron chi connectivity index (χ2n) is 1.35. The van der Waals surface area contributed by atoms with Crippen molar-refractivity contribution < 1.29 is 0 Å². The summed E-state index contributed by atoms with van der Waals surface area (Å²) < 4.78 is 4.25. The van der Waals surface area contributed by atoms with Gasteiger partial charge in [0.25, 0.3) is 0 Å². The first-order valence-corrected chi connectivity index (χ1v) is 9.24. The van der Waals surface area contributed by atoms with Crippen molar-refractivity contribution in [3.05, 3.63) is 5.38 Å². The van der Waals surface area contributed by atoms with E-state index in [1.165, 1.54) is 21.5 Å². The van der Waals surface area contributed by atoms with E-state index >= 15 is 0 Å². The highest BCUT2D eigenvalue weighted by Gasteiger charge is 2.12. The first-order chi connectivity index (χ1) is 4.97. The predicted molar refractivity (Wildman–Crippen MR) is 56.6 cm³/mol. The van der Waals surface area contributed by atoms with E-state index in [0.717, 1.165) is 0 Å². The van der Waals surface area contributed by atoms with Crippen LogP contribution >= 0.6 is 62.6 Å². The number of nitrogens with zero attached hydrogens (tertiary/aromatic N) is 1. The number of rotatable bonds is 0. The number of hydrogen-bond donors (Lipinski definition) is 0. The van der Waals surface area contributed by atoms with Gasteiger partial charge in [0, 0.05) is 5.38 Å². The molecule has 2 rings (SSSR count). The summed E-state index contributed by atoms with van der Waals surface area (Å²) in [4.78, 5) is 1.32. The minimum atomic E-state index is 1.18. The first-order valence-electron chi connectivity index (χ1n) is 2.26. The number of fused-ring (bicyclic) bond motifs is 1. The van der Waals surface area contributed by atoms with Crippen LogP contribution in [0.2, 0.25) is 0 Å². The molecule has 0 aromatic carbocycles. The van der Waals surface area contributed by atoms with Crippen LogP contribution in [0.3, 0.4) is 0 Å². The molecule has 0 atom stereocenters. The average Bonchev–Trinajstić information content (AvgIpc) is 2.28. The van der Waals surface area contributed by atoms with Gasteiger partial charge in [-0.15, -0.1) is 0 Å². The molecule has 0 saturated carbocycles. The Morgan fingerprint density at radius 3 is 3.00 bits per heavy atom. The van der Waals surface area contributed by atoms with Gasteiger partial charge in [0.2, 0.25) is 0 Å². The molecule has 1 aliphatic rings. The molecule has 10 heavy (non-hydrogen) atoms. The molecule has 0 aliphatic carbocycles. The van der Waals surface area contributed by atoms with Crippen LogP contribution in [-0.2, 0) is 0 Å². The lowest BCUT2D eigenvalue weighted by Gasteiger charge is -1.86. The lowest BCUT2D eigenvalue weighted by atomic mass is 10.8. The van der Waals surface area contributed by atoms with Gasteiger partial charge in [0.1, 0.15) is 5.03 Å². The molecule has 0 N–H and O–H groups in total. The summed E-state index contributed by atoms with van der Waals surface area (Å²) >= 11 is 1.54. The minimum absolute atomic E-state index is 1.18. The molecule has 1 aromatic rings. The minimum Gasteiger partial charge on any atom is -0.184 e. The summed E-state index contributed by atoms with van der Waals surface area (Å²) in [6, 6.07) is 0. The predicted octanol–water partition coefficient (Wildman–Crippen LogP) is 4.20. The fraction of sp³-hybridized carbons (Fsp3) is 0. The van der Waals surface area contributed by atoms with Crippen LogP contribution in [-0.4, -0.2) is 4.37 Å². The fourth-order valence-electron chi connectivity index (χ4n) is 0.437. The Morgan fingerprint density at radius 1 is 1.10 bits per heavy atom. The molecule has 1 aromatic heterocycles. The van der Waals surface area contributed by atoms with E-state index in [-0.39, 0.29) is 0 Å². The van der Waals surface area contributed by atoms with Crippen molar-refractivity contribution in [2.45, 2.75) is 9.92 Å². The maximum Gasteiger partial charge on any atom is 0.136 e. The summed E-state index contributed by atoms with van der Waals surface area (Å²) in [7, 11) is 8.94. The van der Waals surface area contributed by atoms with Gasteiger partial charge in [-0.2, -0.15) is 4.37 Å². The Hall–Kier alpha value is 1.38. The zero-order valence-corrected chi connectivity index (χ0v) is 9.37. The van der Waals surface area contributed by atoms with E-state index in [0.29, 0.717) is 0 Å². The second-order valence-corrected chi connectivity index (χ2v) is 9.45. The highest BCUT2D eigenvalue weighted by atomic mass is 33.8. The van der Waals surface area contributed by atoms with Gasteiger partial charge in [-0.25, -0.2) is 0 Å². The third-order valence-corrected chi connectivity index (χ3v) is 10.0. The monoisotopic (exact) mass is 243 g/mol. The van der Waals surface area contributed by atoms with Crippen molar-refractivity contribution in [1.82, 2.24) is 4.37 Å². The molecule has 54 valence electrons. The molecule has 0 bridgehead atoms. The molecule has 0 fully saturated rings. The van der Waals surface area contributed by atoms with Gasteiger partial charge in [0.15, 0.2) is 0 Å². The lowest BCUT2D eigenvalue weighted by molar-refractivity contribution is 1.18. The van der Waals surface area contributed by atoms with Gasteiger partial charge in [-0.05, 0) is 62.6 Å². The highest BCUT2D eigenvalue weighted by Crippen LogP contribution is 2.58. The molecule has 7 heteroatoms. The zero-order chi connectivity index (χ0) is 6.81. The van der Waals surface area contributed by atoms with Crippen molar-refractivity contribution in [2.75, 3.05) is 0 Å². The third-order valence-electron chi connectivity index (χ3n) is 0.798. The third kappa shape index (κ3) is 1.75. The Kier molecular flexibility index (Phi) is 3.09. The average molecular weight is 243 g/mol. The van der Waals surface area contributed by atoms with Crippen LogP contribution in [0.1, 0.15) is 0 Å². The van der Waals surface area contributed by atoms with E-state index < -0.39 is 0 Å². The molecule has 0 spiro atoms. The van der Waals surface area contributed by atoms with Crippen LogP contribution in [0, 0.1) is 0 Å². The Labute approximate surface area is 81.6 Å². The van der Waals surface area contributed by atoms with E-state index in [1.54, 1.807) is 51.1 Å². The molecule has 2 heterocycles. The SMILES string of the molecule is c1snc2c1SSSSS2. The fourth-order valence-corrected chi connectivity index (χ4v) is 10.3. The Balaban J connectivity index is 2.28. The summed E-state index contributed by atoms with van der Waals surface area (Å²) in [6.07, 6.45) is 0. The summed E-state index contributed by atoms with van der Waals surface area (Å²) in [5, 5.41) is 3.28. The lowest BCUT2D eigenvalue weighted by Crippen LogP contribution is -1.63. The molecule has 0 unspecified atom stereocenters. The quantitative estimate of drug-likeness (QED) is 0.629. The summed E-state index contributed by atoms with van der Waals surface area (Å²) in [5.41, 5.74) is 0. The Bertz CT molecular complexity index is 200. The molecule has 1 aliphatic heterocycles. The summed E-state index contributed by atoms with van der Waals surface area (Å²) in [5.74, 6) is 0. The van der Waals surface area contributed by atoms with Crippen LogP contribution in [0.4, 0.5) is 0 Å². The van der Waals surface area contributed by atoms with Crippen molar-refractivity contribution in [3.8, 4) is 0 Å². The van der Waals surface area contributed by atoms with Crippen LogP contribution in [0.15, 0.2) is 15.3 Å². The van der Waals surface area contributed by atoms with E-state index in [4.69, 9.17) is 0 Å². The van der Waals surface area contributed by atoms with Crippen molar-refractivity contribution in [3.63, 3.8) is 0 Å². The van der Waals surface area contributed by atoms with Gasteiger partial charge in [-0.1, -0.05) is 0 Å². The van der Waals surface area contributed by atoms with E-state index in [2.05, 4.69) is 9.75 Å². The maximum absolute atomic E-state index is 4.25. The van der Waals surface area contributed by atoms with Gasteiger partial charge in [0.05, 0.1) is 4.90 Å². The summed E-state index contributed by atoms with van der Waals surface area (Å²) in [6.45, 7) is 0. The smallest absolute Gasteiger partial charge is 0.136 e. The molecule has 0 amide bonds. The Morgan fingerprint density at radius 2 is 2.00 bits per heavy atom. The van der Waals surface area contributed by atoms with Crippen molar-refractivity contribution >= 4 is 62.6 Å². The second kappa shape index (κ2) is 3.86. The van der Waals surface area contributed by atoms with Crippen LogP contribution < -0.4 is 0 Å². The molecular formula is C3HNS6. The topological polar surface area (TPSA) is 12.9 Å². The number of hydrogen-bond acceptors (Lipinski definition) is 7.